The molecule has 0 aliphatic heterocycles. The van der Waals surface area contributed by atoms with Crippen molar-refractivity contribution >= 4 is 23.4 Å². The molecule has 1 amide bonds. The minimum atomic E-state index is -0.0804. The Morgan fingerprint density at radius 2 is 1.57 bits per heavy atom. The Labute approximate surface area is 210 Å². The number of thioether (sulfide) groups is 1. The van der Waals surface area contributed by atoms with Gasteiger partial charge in [0.1, 0.15) is 5.75 Å². The maximum atomic E-state index is 12.8. The van der Waals surface area contributed by atoms with E-state index in [4.69, 9.17) is 4.74 Å². The first-order chi connectivity index (χ1) is 16.9. The quantitative estimate of drug-likeness (QED) is 0.296. The van der Waals surface area contributed by atoms with Crippen molar-refractivity contribution in [2.24, 2.45) is 0 Å². The third kappa shape index (κ3) is 5.74. The molecule has 4 rings (SSSR count). The highest BCUT2D eigenvalue weighted by Crippen LogP contribution is 2.30. The maximum Gasteiger partial charge on any atom is 0.234 e. The Hall–Kier alpha value is -3.58. The van der Waals surface area contributed by atoms with Crippen LogP contribution in [-0.2, 0) is 4.79 Å². The molecule has 3 aromatic carbocycles. The van der Waals surface area contributed by atoms with Gasteiger partial charge >= 0.3 is 0 Å². The minimum Gasteiger partial charge on any atom is -0.494 e. The van der Waals surface area contributed by atoms with Gasteiger partial charge < -0.3 is 10.1 Å². The third-order valence-electron chi connectivity index (χ3n) is 5.62. The smallest absolute Gasteiger partial charge is 0.234 e. The number of hydrogen-bond acceptors (Lipinski definition) is 5. The molecule has 1 N–H and O–H groups in total. The fourth-order valence-corrected chi connectivity index (χ4v) is 4.78. The molecule has 0 radical (unpaired) electrons. The van der Waals surface area contributed by atoms with Crippen molar-refractivity contribution in [2.75, 3.05) is 17.7 Å². The number of benzene rings is 3. The van der Waals surface area contributed by atoms with E-state index >= 15 is 0 Å². The first-order valence-corrected chi connectivity index (χ1v) is 12.6. The molecule has 0 fully saturated rings. The average Bonchev–Trinajstić information content (AvgIpc) is 3.25. The second-order valence-electron chi connectivity index (χ2n) is 8.55. The zero-order valence-electron chi connectivity index (χ0n) is 20.8. The van der Waals surface area contributed by atoms with Crippen LogP contribution in [0.15, 0.2) is 65.8 Å². The summed E-state index contributed by atoms with van der Waals surface area (Å²) in [5.74, 6) is 1.67. The molecule has 0 aliphatic rings. The Balaban J connectivity index is 1.61. The number of anilines is 1. The molecule has 0 saturated carbocycles. The molecule has 6 nitrogen and oxygen atoms in total. The van der Waals surface area contributed by atoms with Gasteiger partial charge in [0.2, 0.25) is 5.91 Å². The van der Waals surface area contributed by atoms with Crippen LogP contribution in [0.25, 0.3) is 17.1 Å². The predicted octanol–water partition coefficient (Wildman–Crippen LogP) is 6.30. The zero-order valence-corrected chi connectivity index (χ0v) is 21.6. The van der Waals surface area contributed by atoms with Gasteiger partial charge in [-0.25, -0.2) is 0 Å². The van der Waals surface area contributed by atoms with Crippen LogP contribution in [0.4, 0.5) is 5.69 Å². The highest BCUT2D eigenvalue weighted by atomic mass is 32.2. The van der Waals surface area contributed by atoms with Gasteiger partial charge in [-0.2, -0.15) is 0 Å². The van der Waals surface area contributed by atoms with E-state index in [2.05, 4.69) is 53.6 Å². The summed E-state index contributed by atoms with van der Waals surface area (Å²) in [5.41, 5.74) is 7.20. The number of amides is 1. The average molecular weight is 487 g/mol. The Morgan fingerprint density at radius 1 is 0.914 bits per heavy atom. The summed E-state index contributed by atoms with van der Waals surface area (Å²) in [5, 5.41) is 12.6. The summed E-state index contributed by atoms with van der Waals surface area (Å²) < 4.78 is 7.59. The number of hydrogen-bond donors (Lipinski definition) is 1. The monoisotopic (exact) mass is 486 g/mol. The van der Waals surface area contributed by atoms with Crippen molar-refractivity contribution in [3.05, 3.63) is 82.9 Å². The number of nitrogens with one attached hydrogen (secondary N) is 1. The van der Waals surface area contributed by atoms with Crippen LogP contribution in [0.3, 0.4) is 0 Å². The molecule has 0 spiro atoms. The van der Waals surface area contributed by atoms with Crippen LogP contribution in [0.1, 0.15) is 29.2 Å². The van der Waals surface area contributed by atoms with Crippen molar-refractivity contribution in [3.8, 4) is 22.8 Å². The van der Waals surface area contributed by atoms with Crippen LogP contribution in [0.2, 0.25) is 0 Å². The molecule has 180 valence electrons. The van der Waals surface area contributed by atoms with E-state index in [-0.39, 0.29) is 11.7 Å². The lowest BCUT2D eigenvalue weighted by Crippen LogP contribution is -2.16. The SMILES string of the molecule is CCOc1ccc(-n2c(SCC(=O)Nc3c(C)cc(C)cc3C)nnc2-c2ccc(C)cc2)cc1. The largest absolute Gasteiger partial charge is 0.494 e. The minimum absolute atomic E-state index is 0.0804. The van der Waals surface area contributed by atoms with E-state index in [1.807, 2.05) is 61.7 Å². The summed E-state index contributed by atoms with van der Waals surface area (Å²) in [6.07, 6.45) is 0. The van der Waals surface area contributed by atoms with Crippen molar-refractivity contribution in [2.45, 2.75) is 39.8 Å². The number of ether oxygens (including phenoxy) is 1. The molecular formula is C28H30N4O2S. The maximum absolute atomic E-state index is 12.8. The predicted molar refractivity (Wildman–Crippen MR) is 143 cm³/mol. The summed E-state index contributed by atoms with van der Waals surface area (Å²) >= 11 is 1.36. The number of carbonyl (C=O) groups excluding carboxylic acids is 1. The Morgan fingerprint density at radius 3 is 2.20 bits per heavy atom. The molecule has 0 aliphatic carbocycles. The van der Waals surface area contributed by atoms with Gasteiger partial charge in [-0.3, -0.25) is 9.36 Å². The summed E-state index contributed by atoms with van der Waals surface area (Å²) in [7, 11) is 0. The molecule has 1 aromatic heterocycles. The molecule has 0 bridgehead atoms. The number of nitrogens with zero attached hydrogens (tertiary/aromatic N) is 3. The van der Waals surface area contributed by atoms with Crippen LogP contribution >= 0.6 is 11.8 Å². The topological polar surface area (TPSA) is 69.0 Å². The molecule has 35 heavy (non-hydrogen) atoms. The Kier molecular flexibility index (Phi) is 7.56. The van der Waals surface area contributed by atoms with Gasteiger partial charge in [-0.15, -0.1) is 10.2 Å². The summed E-state index contributed by atoms with van der Waals surface area (Å²) in [6.45, 7) is 10.7. The molecule has 4 aromatic rings. The molecule has 1 heterocycles. The Bertz CT molecular complexity index is 1310. The highest BCUT2D eigenvalue weighted by molar-refractivity contribution is 7.99. The van der Waals surface area contributed by atoms with Crippen LogP contribution in [0.5, 0.6) is 5.75 Å². The molecular weight excluding hydrogens is 456 g/mol. The van der Waals surface area contributed by atoms with Gasteiger partial charge in [0, 0.05) is 16.9 Å². The van der Waals surface area contributed by atoms with E-state index in [0.29, 0.717) is 11.8 Å². The van der Waals surface area contributed by atoms with Crippen molar-refractivity contribution < 1.29 is 9.53 Å². The van der Waals surface area contributed by atoms with E-state index in [9.17, 15) is 4.79 Å². The van der Waals surface area contributed by atoms with E-state index in [1.165, 1.54) is 22.9 Å². The lowest BCUT2D eigenvalue weighted by Gasteiger charge is -2.13. The second kappa shape index (κ2) is 10.8. The third-order valence-corrected chi connectivity index (χ3v) is 6.55. The van der Waals surface area contributed by atoms with Crippen LogP contribution in [0, 0.1) is 27.7 Å². The second-order valence-corrected chi connectivity index (χ2v) is 9.49. The van der Waals surface area contributed by atoms with Gasteiger partial charge in [-0.05, 0) is 70.0 Å². The fourth-order valence-electron chi connectivity index (χ4n) is 4.03. The van der Waals surface area contributed by atoms with E-state index in [1.54, 1.807) is 0 Å². The lowest BCUT2D eigenvalue weighted by molar-refractivity contribution is -0.113. The lowest BCUT2D eigenvalue weighted by atomic mass is 10.1. The zero-order chi connectivity index (χ0) is 24.9. The molecule has 0 saturated heterocycles. The first-order valence-electron chi connectivity index (χ1n) is 11.6. The van der Waals surface area contributed by atoms with Crippen molar-refractivity contribution in [1.82, 2.24) is 14.8 Å². The van der Waals surface area contributed by atoms with Crippen LogP contribution in [-0.4, -0.2) is 33.0 Å². The number of carbonyl (C=O) groups is 1. The number of aromatic nitrogens is 3. The number of aryl methyl sites for hydroxylation is 4. The standard InChI is InChI=1S/C28H30N4O2S/c1-6-34-24-13-11-23(12-14-24)32-27(22-9-7-18(2)8-10-22)30-31-28(32)35-17-25(33)29-26-20(4)15-19(3)16-21(26)5/h7-16H,6,17H2,1-5H3,(H,29,33). The first kappa shape index (κ1) is 24.5. The summed E-state index contributed by atoms with van der Waals surface area (Å²) in [4.78, 5) is 12.8. The van der Waals surface area contributed by atoms with E-state index in [0.717, 1.165) is 39.6 Å². The van der Waals surface area contributed by atoms with Gasteiger partial charge in [0.15, 0.2) is 11.0 Å². The molecule has 0 atom stereocenters. The normalized spacial score (nSPS) is 10.9. The molecule has 7 heteroatoms. The van der Waals surface area contributed by atoms with Crippen molar-refractivity contribution in [3.63, 3.8) is 0 Å². The van der Waals surface area contributed by atoms with Gasteiger partial charge in [-0.1, -0.05) is 59.3 Å². The number of rotatable bonds is 8. The fraction of sp³-hybridized carbons (Fsp3) is 0.250. The van der Waals surface area contributed by atoms with Crippen LogP contribution < -0.4 is 10.1 Å². The molecule has 0 unspecified atom stereocenters. The highest BCUT2D eigenvalue weighted by Gasteiger charge is 2.18. The summed E-state index contributed by atoms with van der Waals surface area (Å²) in [6, 6.07) is 20.2. The van der Waals surface area contributed by atoms with E-state index < -0.39 is 0 Å². The van der Waals surface area contributed by atoms with Gasteiger partial charge in [0.25, 0.3) is 0 Å². The van der Waals surface area contributed by atoms with Crippen molar-refractivity contribution in [1.29, 1.82) is 0 Å². The van der Waals surface area contributed by atoms with Gasteiger partial charge in [0.05, 0.1) is 12.4 Å².